The topological polar surface area (TPSA) is 86.9 Å². The number of piperazine rings is 1. The smallest absolute Gasteiger partial charge is 0.253 e. The highest BCUT2D eigenvalue weighted by molar-refractivity contribution is 5.99. The number of hydrogen-bond donors (Lipinski definition) is 2. The molecule has 0 spiro atoms. The largest absolute Gasteiger partial charge is 0.391 e. The first-order valence-corrected chi connectivity index (χ1v) is 8.28. The summed E-state index contributed by atoms with van der Waals surface area (Å²) in [6.07, 6.45) is -0.396. The molecule has 1 aromatic rings. The molecule has 1 fully saturated rings. The lowest BCUT2D eigenvalue weighted by Crippen LogP contribution is -2.51. The Hall–Kier alpha value is -1.92. The molecule has 2 amide bonds. The van der Waals surface area contributed by atoms with Crippen molar-refractivity contribution in [2.24, 2.45) is 11.1 Å². The Bertz CT molecular complexity index is 602. The van der Waals surface area contributed by atoms with Gasteiger partial charge in [0.2, 0.25) is 5.91 Å². The average Bonchev–Trinajstić information content (AvgIpc) is 2.54. The molecule has 0 radical (unpaired) electrons. The van der Waals surface area contributed by atoms with Crippen molar-refractivity contribution in [3.63, 3.8) is 0 Å². The number of nitrogens with two attached hydrogens (primary N) is 1. The van der Waals surface area contributed by atoms with Gasteiger partial charge in [-0.05, 0) is 23.6 Å². The Labute approximate surface area is 143 Å². The van der Waals surface area contributed by atoms with E-state index >= 15 is 0 Å². The lowest BCUT2D eigenvalue weighted by atomic mass is 9.89. The van der Waals surface area contributed by atoms with Crippen molar-refractivity contribution in [1.29, 1.82) is 0 Å². The van der Waals surface area contributed by atoms with Crippen LogP contribution in [0.25, 0.3) is 0 Å². The second-order valence-corrected chi connectivity index (χ2v) is 7.42. The van der Waals surface area contributed by atoms with E-state index in [1.165, 1.54) is 0 Å². The number of carbonyl (C=O) groups is 2. The summed E-state index contributed by atoms with van der Waals surface area (Å²) in [6, 6.07) is 6.51. The van der Waals surface area contributed by atoms with Crippen molar-refractivity contribution in [3.05, 3.63) is 35.4 Å². The number of benzene rings is 1. The maximum atomic E-state index is 12.6. The fourth-order valence-corrected chi connectivity index (χ4v) is 2.64. The van der Waals surface area contributed by atoms with Crippen LogP contribution >= 0.6 is 0 Å². The van der Waals surface area contributed by atoms with Gasteiger partial charge < -0.3 is 15.7 Å². The molecule has 6 heteroatoms. The predicted octanol–water partition coefficient (Wildman–Crippen LogP) is 0.950. The van der Waals surface area contributed by atoms with Crippen LogP contribution in [0.2, 0.25) is 0 Å². The molecule has 2 rings (SSSR count). The van der Waals surface area contributed by atoms with Crippen LogP contribution in [0, 0.1) is 5.41 Å². The van der Waals surface area contributed by atoms with Gasteiger partial charge in [0.15, 0.2) is 0 Å². The minimum Gasteiger partial charge on any atom is -0.391 e. The van der Waals surface area contributed by atoms with E-state index in [4.69, 9.17) is 5.73 Å². The minimum atomic E-state index is -0.536. The molecule has 0 saturated carbocycles. The number of aliphatic hydroxyl groups is 1. The molecule has 1 aromatic carbocycles. The maximum Gasteiger partial charge on any atom is 0.253 e. The zero-order valence-electron chi connectivity index (χ0n) is 14.7. The molecule has 3 N–H and O–H groups in total. The van der Waals surface area contributed by atoms with E-state index in [1.807, 2.05) is 20.8 Å². The first-order valence-electron chi connectivity index (χ1n) is 8.28. The summed E-state index contributed by atoms with van der Waals surface area (Å²) in [4.78, 5) is 27.8. The summed E-state index contributed by atoms with van der Waals surface area (Å²) < 4.78 is 0. The molecule has 132 valence electrons. The lowest BCUT2D eigenvalue weighted by Gasteiger charge is -2.38. The van der Waals surface area contributed by atoms with Gasteiger partial charge in [-0.3, -0.25) is 14.5 Å². The fraction of sp³-hybridized carbons (Fsp3) is 0.556. The second-order valence-electron chi connectivity index (χ2n) is 7.42. The number of rotatable bonds is 4. The summed E-state index contributed by atoms with van der Waals surface area (Å²) >= 11 is 0. The van der Waals surface area contributed by atoms with Gasteiger partial charge in [0, 0.05) is 43.9 Å². The van der Waals surface area contributed by atoms with E-state index in [2.05, 4.69) is 4.90 Å². The molecule has 0 aromatic heterocycles. The molecule has 1 heterocycles. The summed E-state index contributed by atoms with van der Waals surface area (Å²) in [5.41, 5.74) is 5.94. The number of β-amino-alcohol motifs (C(OH)–C–C–N with tert-alkyl or cyclic N) is 1. The number of nitrogens with zero attached hydrogens (tertiary/aromatic N) is 2. The molecular formula is C18H27N3O3. The third kappa shape index (κ3) is 4.55. The molecule has 1 aliphatic rings. The van der Waals surface area contributed by atoms with Gasteiger partial charge in [0.25, 0.3) is 5.91 Å². The third-order valence-corrected chi connectivity index (χ3v) is 4.48. The van der Waals surface area contributed by atoms with Crippen molar-refractivity contribution in [2.45, 2.75) is 26.9 Å². The normalized spacial score (nSPS) is 17.6. The Morgan fingerprint density at radius 2 is 1.75 bits per heavy atom. The van der Waals surface area contributed by atoms with Crippen LogP contribution in [0.5, 0.6) is 0 Å². The molecule has 1 aliphatic heterocycles. The first kappa shape index (κ1) is 18.4. The van der Waals surface area contributed by atoms with Crippen molar-refractivity contribution in [2.75, 3.05) is 32.7 Å². The molecule has 24 heavy (non-hydrogen) atoms. The number of primary amides is 1. The molecule has 0 aliphatic carbocycles. The number of amides is 2. The van der Waals surface area contributed by atoms with Crippen LogP contribution in [-0.2, 0) is 0 Å². The summed E-state index contributed by atoms with van der Waals surface area (Å²) in [5.74, 6) is -0.625. The van der Waals surface area contributed by atoms with Gasteiger partial charge in [-0.25, -0.2) is 0 Å². The van der Waals surface area contributed by atoms with E-state index < -0.39 is 12.0 Å². The van der Waals surface area contributed by atoms with E-state index in [0.29, 0.717) is 30.8 Å². The van der Waals surface area contributed by atoms with Gasteiger partial charge in [0.1, 0.15) is 0 Å². The van der Waals surface area contributed by atoms with Crippen LogP contribution in [0.4, 0.5) is 0 Å². The highest BCUT2D eigenvalue weighted by Gasteiger charge is 2.28. The SMILES string of the molecule is CC(C)(C)C(O)CN1CCN(C(=O)c2cccc(C(N)=O)c2)CC1. The van der Waals surface area contributed by atoms with Crippen LogP contribution in [0.15, 0.2) is 24.3 Å². The van der Waals surface area contributed by atoms with Gasteiger partial charge in [-0.15, -0.1) is 0 Å². The van der Waals surface area contributed by atoms with Crippen molar-refractivity contribution >= 4 is 11.8 Å². The Morgan fingerprint density at radius 3 is 2.29 bits per heavy atom. The molecular weight excluding hydrogens is 306 g/mol. The first-order chi connectivity index (χ1) is 11.2. The van der Waals surface area contributed by atoms with Crippen molar-refractivity contribution in [3.8, 4) is 0 Å². The summed E-state index contributed by atoms with van der Waals surface area (Å²) in [7, 11) is 0. The summed E-state index contributed by atoms with van der Waals surface area (Å²) in [6.45, 7) is 9.34. The van der Waals surface area contributed by atoms with E-state index in [-0.39, 0.29) is 11.3 Å². The third-order valence-electron chi connectivity index (χ3n) is 4.48. The molecule has 0 bridgehead atoms. The van der Waals surface area contributed by atoms with Crippen LogP contribution in [0.1, 0.15) is 41.5 Å². The number of hydrogen-bond acceptors (Lipinski definition) is 4. The van der Waals surface area contributed by atoms with Crippen LogP contribution in [-0.4, -0.2) is 65.5 Å². The van der Waals surface area contributed by atoms with Gasteiger partial charge >= 0.3 is 0 Å². The van der Waals surface area contributed by atoms with Crippen LogP contribution < -0.4 is 5.73 Å². The van der Waals surface area contributed by atoms with Crippen molar-refractivity contribution in [1.82, 2.24) is 9.80 Å². The molecule has 6 nitrogen and oxygen atoms in total. The lowest BCUT2D eigenvalue weighted by molar-refractivity contribution is 0.0137. The highest BCUT2D eigenvalue weighted by atomic mass is 16.3. The zero-order chi connectivity index (χ0) is 17.9. The molecule has 1 saturated heterocycles. The number of aliphatic hydroxyl groups excluding tert-OH is 1. The highest BCUT2D eigenvalue weighted by Crippen LogP contribution is 2.20. The van der Waals surface area contributed by atoms with Gasteiger partial charge in [-0.2, -0.15) is 0 Å². The Morgan fingerprint density at radius 1 is 1.17 bits per heavy atom. The van der Waals surface area contributed by atoms with Crippen molar-refractivity contribution < 1.29 is 14.7 Å². The standard InChI is InChI=1S/C18H27N3O3/c1-18(2,3)15(22)12-20-7-9-21(10-8-20)17(24)14-6-4-5-13(11-14)16(19)23/h4-6,11,15,22H,7-10,12H2,1-3H3,(H2,19,23). The Kier molecular flexibility index (Phi) is 5.62. The van der Waals surface area contributed by atoms with Gasteiger partial charge in [-0.1, -0.05) is 26.8 Å². The van der Waals surface area contributed by atoms with Crippen LogP contribution in [0.3, 0.4) is 0 Å². The minimum absolute atomic E-state index is 0.0888. The predicted molar refractivity (Wildman–Crippen MR) is 92.8 cm³/mol. The number of carbonyl (C=O) groups excluding carboxylic acids is 2. The second kappa shape index (κ2) is 7.32. The fourth-order valence-electron chi connectivity index (χ4n) is 2.64. The quantitative estimate of drug-likeness (QED) is 0.859. The monoisotopic (exact) mass is 333 g/mol. The zero-order valence-corrected chi connectivity index (χ0v) is 14.7. The summed E-state index contributed by atoms with van der Waals surface area (Å²) in [5, 5.41) is 10.2. The van der Waals surface area contributed by atoms with Gasteiger partial charge in [0.05, 0.1) is 6.10 Å². The maximum absolute atomic E-state index is 12.6. The average molecular weight is 333 g/mol. The van der Waals surface area contributed by atoms with E-state index in [1.54, 1.807) is 29.2 Å². The van der Waals surface area contributed by atoms with E-state index in [9.17, 15) is 14.7 Å². The molecule has 1 unspecified atom stereocenters. The van der Waals surface area contributed by atoms with E-state index in [0.717, 1.165) is 13.1 Å². The molecule has 1 atom stereocenters. The Balaban J connectivity index is 1.93.